The molecule has 2 aromatic heterocycles. The molecule has 4 nitrogen and oxygen atoms in total. The minimum atomic E-state index is -0.453. The van der Waals surface area contributed by atoms with E-state index in [2.05, 4.69) is 25.8 Å². The Hall–Kier alpha value is -1.17. The molecule has 3 heterocycles. The third kappa shape index (κ3) is 3.73. The number of halogens is 1. The van der Waals surface area contributed by atoms with E-state index in [0.29, 0.717) is 5.92 Å². The van der Waals surface area contributed by atoms with Crippen molar-refractivity contribution in [3.63, 3.8) is 0 Å². The van der Waals surface area contributed by atoms with Crippen LogP contribution in [0.25, 0.3) is 0 Å². The fourth-order valence-corrected chi connectivity index (χ4v) is 3.22. The van der Waals surface area contributed by atoms with Gasteiger partial charge in [0.2, 0.25) is 0 Å². The Balaban J connectivity index is 1.53. The van der Waals surface area contributed by atoms with Gasteiger partial charge in [0.1, 0.15) is 5.76 Å². The largest absolute Gasteiger partial charge is 0.453 e. The van der Waals surface area contributed by atoms with Gasteiger partial charge in [-0.05, 0) is 72.0 Å². The molecular weight excluding hydrogens is 332 g/mol. The van der Waals surface area contributed by atoms with Crippen LogP contribution in [0.4, 0.5) is 0 Å². The molecule has 3 rings (SSSR count). The summed E-state index contributed by atoms with van der Waals surface area (Å²) < 4.78 is 6.32. The van der Waals surface area contributed by atoms with Gasteiger partial charge in [0.05, 0.1) is 18.3 Å². The van der Waals surface area contributed by atoms with Gasteiger partial charge in [-0.25, -0.2) is 0 Å². The Morgan fingerprint density at radius 3 is 2.71 bits per heavy atom. The van der Waals surface area contributed by atoms with E-state index < -0.39 is 6.10 Å². The number of pyridine rings is 1. The van der Waals surface area contributed by atoms with Crippen molar-refractivity contribution in [2.75, 3.05) is 13.1 Å². The Kier molecular flexibility index (Phi) is 4.73. The second-order valence-electron chi connectivity index (χ2n) is 5.52. The lowest BCUT2D eigenvalue weighted by atomic mass is 9.89. The molecule has 1 aliphatic heterocycles. The number of furan rings is 1. The average Bonchev–Trinajstić information content (AvgIpc) is 2.93. The van der Waals surface area contributed by atoms with E-state index in [4.69, 9.17) is 4.42 Å². The first-order valence-electron chi connectivity index (χ1n) is 7.28. The molecule has 0 amide bonds. The second-order valence-corrected chi connectivity index (χ2v) is 6.30. The lowest BCUT2D eigenvalue weighted by molar-refractivity contribution is 0.0521. The summed E-state index contributed by atoms with van der Waals surface area (Å²) in [5, 5.41) is 10.4. The third-order valence-electron chi connectivity index (χ3n) is 4.08. The summed E-state index contributed by atoms with van der Waals surface area (Å²) in [6.45, 7) is 2.79. The van der Waals surface area contributed by atoms with Crippen LogP contribution in [-0.4, -0.2) is 28.1 Å². The molecule has 0 aliphatic carbocycles. The predicted octanol–water partition coefficient (Wildman–Crippen LogP) is 3.38. The highest BCUT2D eigenvalue weighted by atomic mass is 79.9. The molecule has 0 bridgehead atoms. The Labute approximate surface area is 132 Å². The van der Waals surface area contributed by atoms with Crippen LogP contribution in [0.2, 0.25) is 0 Å². The number of aliphatic hydroxyl groups excluding tert-OH is 1. The standard InChI is InChI=1S/C16H19BrN2O2/c17-15-5-4-13(21-15)11-19-9-6-12(7-10-19)16(20)14-3-1-2-8-18-14/h1-5,8,12,16,20H,6-7,9-11H2/t16-/m0/s1. The lowest BCUT2D eigenvalue weighted by Gasteiger charge is -2.33. The number of rotatable bonds is 4. The van der Waals surface area contributed by atoms with Gasteiger partial charge in [0.15, 0.2) is 4.67 Å². The number of aromatic nitrogens is 1. The molecule has 1 saturated heterocycles. The minimum Gasteiger partial charge on any atom is -0.453 e. The zero-order valence-electron chi connectivity index (χ0n) is 11.8. The van der Waals surface area contributed by atoms with E-state index >= 15 is 0 Å². The summed E-state index contributed by atoms with van der Waals surface area (Å²) in [4.78, 5) is 6.63. The first-order chi connectivity index (χ1) is 10.2. The minimum absolute atomic E-state index is 0.291. The van der Waals surface area contributed by atoms with Crippen LogP contribution in [0.15, 0.2) is 45.6 Å². The summed E-state index contributed by atoms with van der Waals surface area (Å²) in [5.74, 6) is 1.27. The highest BCUT2D eigenvalue weighted by Gasteiger charge is 2.27. The van der Waals surface area contributed by atoms with E-state index in [0.717, 1.165) is 48.6 Å². The van der Waals surface area contributed by atoms with E-state index in [1.165, 1.54) is 0 Å². The van der Waals surface area contributed by atoms with Crippen LogP contribution in [0.1, 0.15) is 30.4 Å². The van der Waals surface area contributed by atoms with Crippen LogP contribution >= 0.6 is 15.9 Å². The summed E-state index contributed by atoms with van der Waals surface area (Å²) in [6, 6.07) is 9.62. The number of aliphatic hydroxyl groups is 1. The van der Waals surface area contributed by atoms with Gasteiger partial charge in [-0.2, -0.15) is 0 Å². The van der Waals surface area contributed by atoms with Crippen molar-refractivity contribution in [2.45, 2.75) is 25.5 Å². The topological polar surface area (TPSA) is 49.5 Å². The molecule has 0 radical (unpaired) electrons. The highest BCUT2D eigenvalue weighted by Crippen LogP contribution is 2.30. The molecule has 1 fully saturated rings. The first-order valence-corrected chi connectivity index (χ1v) is 8.07. The quantitative estimate of drug-likeness (QED) is 0.918. The van der Waals surface area contributed by atoms with Crippen molar-refractivity contribution < 1.29 is 9.52 Å². The van der Waals surface area contributed by atoms with Crippen LogP contribution in [-0.2, 0) is 6.54 Å². The zero-order chi connectivity index (χ0) is 14.7. The second kappa shape index (κ2) is 6.73. The number of likely N-dealkylation sites (tertiary alicyclic amines) is 1. The molecule has 1 N–H and O–H groups in total. The summed E-state index contributed by atoms with van der Waals surface area (Å²) in [7, 11) is 0. The van der Waals surface area contributed by atoms with Crippen LogP contribution < -0.4 is 0 Å². The van der Waals surface area contributed by atoms with Gasteiger partial charge < -0.3 is 9.52 Å². The SMILES string of the molecule is O[C@H](c1ccccn1)C1CCN(Cc2ccc(Br)o2)CC1. The number of piperidine rings is 1. The summed E-state index contributed by atoms with van der Waals surface area (Å²) in [5.41, 5.74) is 0.783. The molecule has 0 saturated carbocycles. The maximum Gasteiger partial charge on any atom is 0.169 e. The average molecular weight is 351 g/mol. The Morgan fingerprint density at radius 2 is 2.10 bits per heavy atom. The maximum atomic E-state index is 10.4. The van der Waals surface area contributed by atoms with Crippen LogP contribution in [0.3, 0.4) is 0 Å². The molecule has 5 heteroatoms. The summed E-state index contributed by atoms with van der Waals surface area (Å²) in [6.07, 6.45) is 3.26. The van der Waals surface area contributed by atoms with Crippen LogP contribution in [0.5, 0.6) is 0 Å². The van der Waals surface area contributed by atoms with Crippen LogP contribution in [0, 0.1) is 5.92 Å². The van der Waals surface area contributed by atoms with Gasteiger partial charge in [0.25, 0.3) is 0 Å². The molecular formula is C16H19BrN2O2. The lowest BCUT2D eigenvalue weighted by Crippen LogP contribution is -2.35. The highest BCUT2D eigenvalue weighted by molar-refractivity contribution is 9.10. The van der Waals surface area contributed by atoms with Gasteiger partial charge >= 0.3 is 0 Å². The van der Waals surface area contributed by atoms with Gasteiger partial charge in [-0.15, -0.1) is 0 Å². The molecule has 2 aromatic rings. The molecule has 0 unspecified atom stereocenters. The Morgan fingerprint density at radius 1 is 1.29 bits per heavy atom. The fourth-order valence-electron chi connectivity index (χ4n) is 2.88. The van der Waals surface area contributed by atoms with Crippen molar-refractivity contribution in [3.05, 3.63) is 52.7 Å². The fraction of sp³-hybridized carbons (Fsp3) is 0.438. The van der Waals surface area contributed by atoms with Crippen molar-refractivity contribution in [2.24, 2.45) is 5.92 Å². The van der Waals surface area contributed by atoms with Crippen molar-refractivity contribution in [1.29, 1.82) is 0 Å². The molecule has 1 aliphatic rings. The Bertz CT molecular complexity index is 565. The monoisotopic (exact) mass is 350 g/mol. The molecule has 1 atom stereocenters. The van der Waals surface area contributed by atoms with Crippen molar-refractivity contribution in [1.82, 2.24) is 9.88 Å². The molecule has 112 valence electrons. The molecule has 21 heavy (non-hydrogen) atoms. The number of hydrogen-bond acceptors (Lipinski definition) is 4. The number of hydrogen-bond donors (Lipinski definition) is 1. The zero-order valence-corrected chi connectivity index (χ0v) is 13.4. The van der Waals surface area contributed by atoms with Gasteiger partial charge in [0, 0.05) is 6.20 Å². The van der Waals surface area contributed by atoms with Gasteiger partial charge in [-0.1, -0.05) is 6.07 Å². The van der Waals surface area contributed by atoms with Gasteiger partial charge in [-0.3, -0.25) is 9.88 Å². The summed E-state index contributed by atoms with van der Waals surface area (Å²) >= 11 is 3.33. The first kappa shape index (κ1) is 14.8. The van der Waals surface area contributed by atoms with Crippen molar-refractivity contribution in [3.8, 4) is 0 Å². The number of nitrogens with zero attached hydrogens (tertiary/aromatic N) is 2. The molecule has 0 aromatic carbocycles. The maximum absolute atomic E-state index is 10.4. The third-order valence-corrected chi connectivity index (χ3v) is 4.50. The van der Waals surface area contributed by atoms with E-state index in [-0.39, 0.29) is 0 Å². The molecule has 0 spiro atoms. The van der Waals surface area contributed by atoms with E-state index in [9.17, 15) is 5.11 Å². The van der Waals surface area contributed by atoms with E-state index in [1.54, 1.807) is 6.20 Å². The normalized spacial score (nSPS) is 18.8. The predicted molar refractivity (Wildman–Crippen MR) is 83.6 cm³/mol. The smallest absolute Gasteiger partial charge is 0.169 e. The van der Waals surface area contributed by atoms with Crippen molar-refractivity contribution >= 4 is 15.9 Å². The van der Waals surface area contributed by atoms with E-state index in [1.807, 2.05) is 30.3 Å².